The predicted octanol–water partition coefficient (Wildman–Crippen LogP) is 3.97. The van der Waals surface area contributed by atoms with Crippen LogP contribution in [0.3, 0.4) is 0 Å². The van der Waals surface area contributed by atoms with E-state index in [1.54, 1.807) is 23.0 Å². The average molecular weight is 394 g/mol. The fourth-order valence-corrected chi connectivity index (χ4v) is 3.55. The number of nitrogens with zero attached hydrogens (tertiary/aromatic N) is 3. The van der Waals surface area contributed by atoms with E-state index in [2.05, 4.69) is 15.4 Å². The van der Waals surface area contributed by atoms with Crippen LogP contribution in [0, 0.1) is 12.7 Å². The number of carbonyl (C=O) groups excluding carboxylic acids is 1. The van der Waals surface area contributed by atoms with Crippen molar-refractivity contribution in [1.82, 2.24) is 20.1 Å². The summed E-state index contributed by atoms with van der Waals surface area (Å²) in [6.07, 6.45) is 8.00. The van der Waals surface area contributed by atoms with Crippen LogP contribution in [0.1, 0.15) is 47.3 Å². The second kappa shape index (κ2) is 8.43. The molecule has 1 aliphatic carbocycles. The van der Waals surface area contributed by atoms with Crippen molar-refractivity contribution in [2.24, 2.45) is 0 Å². The molecule has 1 amide bonds. The van der Waals surface area contributed by atoms with Crippen LogP contribution in [0.15, 0.2) is 48.8 Å². The van der Waals surface area contributed by atoms with Gasteiger partial charge in [-0.1, -0.05) is 0 Å². The standard InChI is InChI=1S/C22H23FN4O2/c1-15-20(14-26-27(15)18-8-6-17(23)7-9-18)22(28)25-13-16-10-11-24-21(12-16)29-19-4-2-3-5-19/h6-12,14,19H,2-5,13H2,1H3,(H,25,28). The molecular formula is C22H23FN4O2. The van der Waals surface area contributed by atoms with Gasteiger partial charge in [0.25, 0.3) is 5.91 Å². The summed E-state index contributed by atoms with van der Waals surface area (Å²) in [7, 11) is 0. The van der Waals surface area contributed by atoms with E-state index in [9.17, 15) is 9.18 Å². The van der Waals surface area contributed by atoms with Gasteiger partial charge in [-0.2, -0.15) is 5.10 Å². The van der Waals surface area contributed by atoms with Gasteiger partial charge in [-0.15, -0.1) is 0 Å². The molecule has 0 saturated heterocycles. The molecule has 6 nitrogen and oxygen atoms in total. The summed E-state index contributed by atoms with van der Waals surface area (Å²) in [4.78, 5) is 16.9. The van der Waals surface area contributed by atoms with Crippen LogP contribution in [0.4, 0.5) is 4.39 Å². The third-order valence-corrected chi connectivity index (χ3v) is 5.17. The maximum Gasteiger partial charge on any atom is 0.255 e. The van der Waals surface area contributed by atoms with Crippen LogP contribution in [0.25, 0.3) is 5.69 Å². The van der Waals surface area contributed by atoms with E-state index in [0.717, 1.165) is 18.4 Å². The molecule has 1 aliphatic rings. The van der Waals surface area contributed by atoms with E-state index in [0.29, 0.717) is 29.4 Å². The zero-order valence-corrected chi connectivity index (χ0v) is 16.3. The highest BCUT2D eigenvalue weighted by molar-refractivity contribution is 5.95. The highest BCUT2D eigenvalue weighted by Gasteiger charge is 2.18. The molecule has 0 unspecified atom stereocenters. The van der Waals surface area contributed by atoms with Gasteiger partial charge in [0.15, 0.2) is 0 Å². The molecule has 0 aliphatic heterocycles. The Morgan fingerprint density at radius 2 is 2.00 bits per heavy atom. The van der Waals surface area contributed by atoms with Gasteiger partial charge in [0.2, 0.25) is 5.88 Å². The molecule has 1 N–H and O–H groups in total. The van der Waals surface area contributed by atoms with E-state index in [4.69, 9.17) is 4.74 Å². The highest BCUT2D eigenvalue weighted by atomic mass is 19.1. The van der Waals surface area contributed by atoms with Crippen molar-refractivity contribution < 1.29 is 13.9 Å². The van der Waals surface area contributed by atoms with Crippen molar-refractivity contribution in [2.75, 3.05) is 0 Å². The van der Waals surface area contributed by atoms with Crippen molar-refractivity contribution in [3.63, 3.8) is 0 Å². The molecule has 0 atom stereocenters. The molecule has 2 heterocycles. The van der Waals surface area contributed by atoms with Crippen LogP contribution < -0.4 is 10.1 Å². The molecule has 2 aromatic heterocycles. The number of halogens is 1. The zero-order chi connectivity index (χ0) is 20.2. The average Bonchev–Trinajstić information content (AvgIpc) is 3.37. The topological polar surface area (TPSA) is 69.0 Å². The van der Waals surface area contributed by atoms with Gasteiger partial charge >= 0.3 is 0 Å². The maximum atomic E-state index is 13.1. The number of rotatable bonds is 6. The third-order valence-electron chi connectivity index (χ3n) is 5.17. The number of ether oxygens (including phenoxy) is 1. The molecule has 4 rings (SSSR count). The predicted molar refractivity (Wildman–Crippen MR) is 107 cm³/mol. The zero-order valence-electron chi connectivity index (χ0n) is 16.3. The van der Waals surface area contributed by atoms with Gasteiger partial charge in [-0.3, -0.25) is 4.79 Å². The van der Waals surface area contributed by atoms with Crippen molar-refractivity contribution in [3.05, 3.63) is 71.4 Å². The Bertz CT molecular complexity index is 994. The lowest BCUT2D eigenvalue weighted by Gasteiger charge is -2.13. The summed E-state index contributed by atoms with van der Waals surface area (Å²) in [5.74, 6) is 0.0695. The first kappa shape index (κ1) is 19.1. The van der Waals surface area contributed by atoms with Crippen LogP contribution >= 0.6 is 0 Å². The minimum Gasteiger partial charge on any atom is -0.474 e. The van der Waals surface area contributed by atoms with Crippen molar-refractivity contribution >= 4 is 5.91 Å². The molecule has 1 aromatic carbocycles. The summed E-state index contributed by atoms with van der Waals surface area (Å²) >= 11 is 0. The van der Waals surface area contributed by atoms with Crippen LogP contribution in [-0.2, 0) is 6.54 Å². The number of carbonyl (C=O) groups is 1. The van der Waals surface area contributed by atoms with Crippen LogP contribution in [0.5, 0.6) is 5.88 Å². The Labute approximate surface area is 168 Å². The summed E-state index contributed by atoms with van der Waals surface area (Å²) in [5, 5.41) is 7.18. The Kier molecular flexibility index (Phi) is 5.55. The lowest BCUT2D eigenvalue weighted by atomic mass is 10.2. The summed E-state index contributed by atoms with van der Waals surface area (Å²) in [6, 6.07) is 9.71. The van der Waals surface area contributed by atoms with E-state index in [1.807, 2.05) is 19.1 Å². The van der Waals surface area contributed by atoms with E-state index >= 15 is 0 Å². The highest BCUT2D eigenvalue weighted by Crippen LogP contribution is 2.23. The summed E-state index contributed by atoms with van der Waals surface area (Å²) in [5.41, 5.74) is 2.79. The normalized spacial score (nSPS) is 14.1. The first-order valence-electron chi connectivity index (χ1n) is 9.80. The van der Waals surface area contributed by atoms with E-state index in [-0.39, 0.29) is 17.8 Å². The molecule has 0 radical (unpaired) electrons. The molecule has 1 fully saturated rings. The van der Waals surface area contributed by atoms with Gasteiger partial charge in [0, 0.05) is 18.8 Å². The Morgan fingerprint density at radius 3 is 2.76 bits per heavy atom. The quantitative estimate of drug-likeness (QED) is 0.687. The van der Waals surface area contributed by atoms with Gasteiger partial charge < -0.3 is 10.1 Å². The SMILES string of the molecule is Cc1c(C(=O)NCc2ccnc(OC3CCCC3)c2)cnn1-c1ccc(F)cc1. The van der Waals surface area contributed by atoms with Crippen LogP contribution in [-0.4, -0.2) is 26.8 Å². The number of pyridine rings is 1. The van der Waals surface area contributed by atoms with Gasteiger partial charge in [0.05, 0.1) is 23.1 Å². The summed E-state index contributed by atoms with van der Waals surface area (Å²) in [6.45, 7) is 2.18. The number of hydrogen-bond acceptors (Lipinski definition) is 4. The first-order chi connectivity index (χ1) is 14.1. The number of nitrogens with one attached hydrogen (secondary N) is 1. The third kappa shape index (κ3) is 4.45. The summed E-state index contributed by atoms with van der Waals surface area (Å²) < 4.78 is 20.7. The smallest absolute Gasteiger partial charge is 0.255 e. The minimum absolute atomic E-state index is 0.217. The lowest BCUT2D eigenvalue weighted by Crippen LogP contribution is -2.23. The largest absolute Gasteiger partial charge is 0.474 e. The number of aromatic nitrogens is 3. The Morgan fingerprint density at radius 1 is 1.24 bits per heavy atom. The van der Waals surface area contributed by atoms with E-state index in [1.165, 1.54) is 31.2 Å². The monoisotopic (exact) mass is 394 g/mol. The first-order valence-corrected chi connectivity index (χ1v) is 9.80. The molecule has 150 valence electrons. The van der Waals surface area contributed by atoms with Crippen molar-refractivity contribution in [3.8, 4) is 11.6 Å². The van der Waals surface area contributed by atoms with Crippen LogP contribution in [0.2, 0.25) is 0 Å². The lowest BCUT2D eigenvalue weighted by molar-refractivity contribution is 0.0950. The van der Waals surface area contributed by atoms with Gasteiger partial charge in [0.1, 0.15) is 11.9 Å². The van der Waals surface area contributed by atoms with Crippen molar-refractivity contribution in [1.29, 1.82) is 0 Å². The molecule has 0 spiro atoms. The molecule has 3 aromatic rings. The second-order valence-electron chi connectivity index (χ2n) is 7.24. The Hall–Kier alpha value is -3.22. The van der Waals surface area contributed by atoms with Gasteiger partial charge in [-0.25, -0.2) is 14.1 Å². The number of amides is 1. The van der Waals surface area contributed by atoms with E-state index < -0.39 is 0 Å². The van der Waals surface area contributed by atoms with Gasteiger partial charge in [-0.05, 0) is 68.5 Å². The number of hydrogen-bond donors (Lipinski definition) is 1. The fourth-order valence-electron chi connectivity index (χ4n) is 3.55. The number of benzene rings is 1. The fraction of sp³-hybridized carbons (Fsp3) is 0.318. The molecule has 0 bridgehead atoms. The second-order valence-corrected chi connectivity index (χ2v) is 7.24. The molecule has 7 heteroatoms. The van der Waals surface area contributed by atoms with Crippen molar-refractivity contribution in [2.45, 2.75) is 45.3 Å². The molecule has 29 heavy (non-hydrogen) atoms. The Balaban J connectivity index is 1.40. The molecular weight excluding hydrogens is 371 g/mol. The minimum atomic E-state index is -0.315. The maximum absolute atomic E-state index is 13.1. The molecule has 1 saturated carbocycles.